The van der Waals surface area contributed by atoms with Gasteiger partial charge in [0.25, 0.3) is 5.91 Å². The number of pyridine rings is 1. The second-order valence-electron chi connectivity index (χ2n) is 6.45. The third-order valence-electron chi connectivity index (χ3n) is 4.46. The van der Waals surface area contributed by atoms with Gasteiger partial charge in [-0.2, -0.15) is 0 Å². The van der Waals surface area contributed by atoms with Gasteiger partial charge in [-0.05, 0) is 31.2 Å². The molecular weight excluding hydrogens is 358 g/mol. The third kappa shape index (κ3) is 3.29. The number of ether oxygens (including phenoxy) is 1. The van der Waals surface area contributed by atoms with E-state index in [0.717, 1.165) is 0 Å². The molecule has 0 aliphatic carbocycles. The van der Waals surface area contributed by atoms with Gasteiger partial charge in [0.15, 0.2) is 6.61 Å². The Bertz CT molecular complexity index is 1110. The molecule has 7 nitrogen and oxygen atoms in total. The van der Waals surface area contributed by atoms with Gasteiger partial charge in [-0.15, -0.1) is 0 Å². The van der Waals surface area contributed by atoms with Gasteiger partial charge in [-0.1, -0.05) is 30.3 Å². The van der Waals surface area contributed by atoms with Crippen molar-refractivity contribution in [1.29, 1.82) is 0 Å². The number of carbonyl (C=O) groups is 3. The maximum absolute atomic E-state index is 12.6. The van der Waals surface area contributed by atoms with E-state index in [9.17, 15) is 14.4 Å². The maximum Gasteiger partial charge on any atom is 0.339 e. The number of anilines is 2. The molecule has 28 heavy (non-hydrogen) atoms. The summed E-state index contributed by atoms with van der Waals surface area (Å²) in [4.78, 5) is 42.8. The zero-order chi connectivity index (χ0) is 19.7. The van der Waals surface area contributed by atoms with Crippen LogP contribution in [0.3, 0.4) is 0 Å². The largest absolute Gasteiger partial charge is 0.452 e. The fraction of sp³-hybridized carbons (Fsp3) is 0.143. The molecular formula is C21H17N3O4. The number of nitrogens with one attached hydrogen (secondary N) is 1. The lowest BCUT2D eigenvalue weighted by Crippen LogP contribution is -2.44. The van der Waals surface area contributed by atoms with E-state index in [-0.39, 0.29) is 12.5 Å². The standard InChI is InChI=1S/C21H17N3O4/c1-13-10-15(14-6-2-3-7-16(14)22-13)21(27)28-12-20(26)24-11-19(25)23-17-8-4-5-9-18(17)24/h2-10H,11-12H2,1H3,(H,23,25). The van der Waals surface area contributed by atoms with E-state index in [4.69, 9.17) is 4.74 Å². The van der Waals surface area contributed by atoms with Crippen molar-refractivity contribution in [2.45, 2.75) is 6.92 Å². The molecule has 1 aliphatic heterocycles. The molecule has 7 heteroatoms. The SMILES string of the molecule is Cc1cc(C(=O)OCC(=O)N2CC(=O)Nc3ccccc32)c2ccccc2n1. The van der Waals surface area contributed by atoms with Crippen molar-refractivity contribution in [2.24, 2.45) is 0 Å². The second kappa shape index (κ2) is 7.11. The third-order valence-corrected chi connectivity index (χ3v) is 4.46. The summed E-state index contributed by atoms with van der Waals surface area (Å²) in [7, 11) is 0. The van der Waals surface area contributed by atoms with Crippen molar-refractivity contribution in [3.63, 3.8) is 0 Å². The number of hydrogen-bond donors (Lipinski definition) is 1. The number of hydrogen-bond acceptors (Lipinski definition) is 5. The Balaban J connectivity index is 1.53. The van der Waals surface area contributed by atoms with Gasteiger partial charge in [0.1, 0.15) is 6.54 Å². The fourth-order valence-corrected chi connectivity index (χ4v) is 3.22. The van der Waals surface area contributed by atoms with Crippen LogP contribution in [0.15, 0.2) is 54.6 Å². The van der Waals surface area contributed by atoms with Gasteiger partial charge in [0.05, 0.1) is 22.5 Å². The molecule has 1 aliphatic rings. The van der Waals surface area contributed by atoms with Crippen LogP contribution in [0, 0.1) is 6.92 Å². The second-order valence-corrected chi connectivity index (χ2v) is 6.45. The predicted octanol–water partition coefficient (Wildman–Crippen LogP) is 2.69. The molecule has 0 radical (unpaired) electrons. The quantitative estimate of drug-likeness (QED) is 0.711. The number of fused-ring (bicyclic) bond motifs is 2. The average molecular weight is 375 g/mol. The summed E-state index contributed by atoms with van der Waals surface area (Å²) in [5.74, 6) is -1.37. The van der Waals surface area contributed by atoms with Gasteiger partial charge in [-0.3, -0.25) is 19.5 Å². The highest BCUT2D eigenvalue weighted by molar-refractivity contribution is 6.11. The molecule has 4 rings (SSSR count). The molecule has 2 heterocycles. The van der Waals surface area contributed by atoms with Crippen molar-refractivity contribution < 1.29 is 19.1 Å². The Kier molecular flexibility index (Phi) is 4.49. The Hall–Kier alpha value is -3.74. The van der Waals surface area contributed by atoms with E-state index in [0.29, 0.717) is 33.5 Å². The van der Waals surface area contributed by atoms with Gasteiger partial charge < -0.3 is 10.1 Å². The van der Waals surface area contributed by atoms with Crippen molar-refractivity contribution in [2.75, 3.05) is 23.4 Å². The van der Waals surface area contributed by atoms with Crippen molar-refractivity contribution in [3.05, 3.63) is 65.9 Å². The Morgan fingerprint density at radius 1 is 1.14 bits per heavy atom. The van der Waals surface area contributed by atoms with E-state index in [1.165, 1.54) is 4.90 Å². The van der Waals surface area contributed by atoms with Gasteiger partial charge in [0.2, 0.25) is 5.91 Å². The van der Waals surface area contributed by atoms with Gasteiger partial charge >= 0.3 is 5.97 Å². The lowest BCUT2D eigenvalue weighted by Gasteiger charge is -2.28. The number of aromatic nitrogens is 1. The van der Waals surface area contributed by atoms with E-state index in [2.05, 4.69) is 10.3 Å². The van der Waals surface area contributed by atoms with Crippen molar-refractivity contribution in [1.82, 2.24) is 4.98 Å². The van der Waals surface area contributed by atoms with Crippen LogP contribution < -0.4 is 10.2 Å². The lowest BCUT2D eigenvalue weighted by atomic mass is 10.1. The van der Waals surface area contributed by atoms with Crippen molar-refractivity contribution >= 4 is 40.1 Å². The Morgan fingerprint density at radius 2 is 1.89 bits per heavy atom. The Labute approximate surface area is 160 Å². The van der Waals surface area contributed by atoms with Crippen LogP contribution in [0.2, 0.25) is 0 Å². The molecule has 0 saturated carbocycles. The molecule has 2 amide bonds. The van der Waals surface area contributed by atoms with Crippen LogP contribution in [-0.4, -0.2) is 35.9 Å². The molecule has 0 unspecified atom stereocenters. The monoisotopic (exact) mass is 375 g/mol. The number of benzene rings is 2. The van der Waals surface area contributed by atoms with E-state index < -0.39 is 18.5 Å². The zero-order valence-corrected chi connectivity index (χ0v) is 15.1. The first-order valence-electron chi connectivity index (χ1n) is 8.75. The van der Waals surface area contributed by atoms with E-state index in [1.807, 2.05) is 18.2 Å². The molecule has 0 saturated heterocycles. The minimum Gasteiger partial charge on any atom is -0.452 e. The molecule has 0 fully saturated rings. The van der Waals surface area contributed by atoms with E-state index in [1.54, 1.807) is 43.3 Å². The topological polar surface area (TPSA) is 88.6 Å². The summed E-state index contributed by atoms with van der Waals surface area (Å²) < 4.78 is 5.27. The summed E-state index contributed by atoms with van der Waals surface area (Å²) in [5.41, 5.74) is 2.84. The number of aryl methyl sites for hydroxylation is 1. The fourth-order valence-electron chi connectivity index (χ4n) is 3.22. The summed E-state index contributed by atoms with van der Waals surface area (Å²) in [6.07, 6.45) is 0. The van der Waals surface area contributed by atoms with Gasteiger partial charge in [-0.25, -0.2) is 4.79 Å². The average Bonchev–Trinajstić information content (AvgIpc) is 2.70. The Morgan fingerprint density at radius 3 is 2.75 bits per heavy atom. The number of carbonyl (C=O) groups excluding carboxylic acids is 3. The van der Waals surface area contributed by atoms with Crippen LogP contribution in [0.1, 0.15) is 16.1 Å². The zero-order valence-electron chi connectivity index (χ0n) is 15.1. The summed E-state index contributed by atoms with van der Waals surface area (Å²) in [6, 6.07) is 15.9. The minimum absolute atomic E-state index is 0.120. The molecule has 140 valence electrons. The van der Waals surface area contributed by atoms with Crippen LogP contribution in [0.5, 0.6) is 0 Å². The summed E-state index contributed by atoms with van der Waals surface area (Å²) in [6.45, 7) is 1.21. The molecule has 0 spiro atoms. The lowest BCUT2D eigenvalue weighted by molar-refractivity contribution is -0.124. The van der Waals surface area contributed by atoms with Crippen LogP contribution >= 0.6 is 0 Å². The first-order valence-corrected chi connectivity index (χ1v) is 8.75. The normalized spacial score (nSPS) is 13.0. The first-order chi connectivity index (χ1) is 13.5. The van der Waals surface area contributed by atoms with Crippen LogP contribution in [0.25, 0.3) is 10.9 Å². The highest BCUT2D eigenvalue weighted by Crippen LogP contribution is 2.29. The number of rotatable bonds is 3. The number of esters is 1. The van der Waals surface area contributed by atoms with Crippen LogP contribution in [-0.2, 0) is 14.3 Å². The maximum atomic E-state index is 12.6. The number of para-hydroxylation sites is 3. The minimum atomic E-state index is -0.607. The smallest absolute Gasteiger partial charge is 0.339 e. The molecule has 0 atom stereocenters. The number of amides is 2. The highest BCUT2D eigenvalue weighted by Gasteiger charge is 2.27. The van der Waals surface area contributed by atoms with Gasteiger partial charge in [0, 0.05) is 11.1 Å². The molecule has 3 aromatic rings. The van der Waals surface area contributed by atoms with Crippen molar-refractivity contribution in [3.8, 4) is 0 Å². The molecule has 1 N–H and O–H groups in total. The summed E-state index contributed by atoms with van der Waals surface area (Å²) >= 11 is 0. The van der Waals surface area contributed by atoms with Crippen LogP contribution in [0.4, 0.5) is 11.4 Å². The molecule has 2 aromatic carbocycles. The predicted molar refractivity (Wildman–Crippen MR) is 104 cm³/mol. The summed E-state index contributed by atoms with van der Waals surface area (Å²) in [5, 5.41) is 3.37. The molecule has 1 aromatic heterocycles. The molecule has 0 bridgehead atoms. The number of nitrogens with zero attached hydrogens (tertiary/aromatic N) is 2. The van der Waals surface area contributed by atoms with E-state index >= 15 is 0 Å². The highest BCUT2D eigenvalue weighted by atomic mass is 16.5. The first kappa shape index (κ1) is 17.7.